The average molecular weight is 225 g/mol. The van der Waals surface area contributed by atoms with Gasteiger partial charge >= 0.3 is 6.92 Å². The highest BCUT2D eigenvalue weighted by atomic mass is 35.5. The summed E-state index contributed by atoms with van der Waals surface area (Å²) in [6.45, 7) is 7.88. The largest absolute Gasteiger partial charge is 0.447 e. The van der Waals surface area contributed by atoms with Crippen LogP contribution in [-0.2, 0) is 6.42 Å². The van der Waals surface area contributed by atoms with Crippen molar-refractivity contribution >= 4 is 24.0 Å². The molecule has 1 N–H and O–H groups in total. The van der Waals surface area contributed by atoms with Gasteiger partial charge in [-0.1, -0.05) is 51.3 Å². The molecule has 0 aromatic heterocycles. The van der Waals surface area contributed by atoms with Gasteiger partial charge in [-0.05, 0) is 28.9 Å². The van der Waals surface area contributed by atoms with E-state index < -0.39 is 6.92 Å². The Morgan fingerprint density at radius 3 is 2.40 bits per heavy atom. The third-order valence-corrected chi connectivity index (χ3v) is 2.64. The molecule has 0 aliphatic heterocycles. The molecule has 0 aliphatic carbocycles. The molecule has 1 aromatic carbocycles. The summed E-state index contributed by atoms with van der Waals surface area (Å²) in [5, 5.41) is 10.3. The predicted molar refractivity (Wildman–Crippen MR) is 68.1 cm³/mol. The third-order valence-electron chi connectivity index (χ3n) is 2.27. The molecule has 82 valence electrons. The minimum Gasteiger partial charge on any atom is -0.447 e. The molecule has 1 rings (SSSR count). The normalized spacial score (nSPS) is 11.6. The number of benzene rings is 1. The summed E-state index contributed by atoms with van der Waals surface area (Å²) in [6, 6.07) is 5.74. The van der Waals surface area contributed by atoms with Gasteiger partial charge in [0.1, 0.15) is 0 Å². The molecule has 0 atom stereocenters. The van der Waals surface area contributed by atoms with Crippen molar-refractivity contribution < 1.29 is 5.02 Å². The van der Waals surface area contributed by atoms with E-state index in [-0.39, 0.29) is 5.41 Å². The molecule has 0 heterocycles. The fraction of sp³-hybridized carbons (Fsp3) is 0.500. The van der Waals surface area contributed by atoms with Crippen molar-refractivity contribution in [3.63, 3.8) is 0 Å². The number of rotatable bonds is 2. The van der Waals surface area contributed by atoms with Gasteiger partial charge in [-0.25, -0.2) is 0 Å². The Morgan fingerprint density at radius 2 is 1.93 bits per heavy atom. The van der Waals surface area contributed by atoms with Gasteiger partial charge in [0.05, 0.1) is 0 Å². The van der Waals surface area contributed by atoms with E-state index in [1.165, 1.54) is 0 Å². The van der Waals surface area contributed by atoms with Gasteiger partial charge in [0, 0.05) is 5.02 Å². The minimum atomic E-state index is -0.430. The van der Waals surface area contributed by atoms with E-state index in [1.807, 2.05) is 18.2 Å². The Morgan fingerprint density at radius 1 is 1.33 bits per heavy atom. The molecule has 15 heavy (non-hydrogen) atoms. The van der Waals surface area contributed by atoms with E-state index in [0.29, 0.717) is 0 Å². The standard InChI is InChI=1S/C12H18BClO/c1-12(2,3)8-9-7-10(13(4)15)5-6-11(9)14/h5-7,15H,8H2,1-4H3. The average Bonchev–Trinajstić information content (AvgIpc) is 2.06. The Balaban J connectivity index is 3.01. The van der Waals surface area contributed by atoms with E-state index in [4.69, 9.17) is 11.6 Å². The van der Waals surface area contributed by atoms with Crippen molar-refractivity contribution in [3.05, 3.63) is 28.8 Å². The van der Waals surface area contributed by atoms with Crippen molar-refractivity contribution in [2.75, 3.05) is 0 Å². The molecule has 0 spiro atoms. The molecule has 1 nitrogen and oxygen atoms in total. The molecule has 1 aromatic rings. The van der Waals surface area contributed by atoms with Crippen LogP contribution in [0.4, 0.5) is 0 Å². The van der Waals surface area contributed by atoms with Gasteiger partial charge in [0.15, 0.2) is 0 Å². The Hall–Kier alpha value is -0.465. The SMILES string of the molecule is CB(O)c1ccc(Cl)c(CC(C)(C)C)c1. The van der Waals surface area contributed by atoms with Crippen LogP contribution < -0.4 is 5.46 Å². The zero-order valence-corrected chi connectivity index (χ0v) is 10.6. The second-order valence-electron chi connectivity index (χ2n) is 5.26. The molecule has 0 saturated carbocycles. The lowest BCUT2D eigenvalue weighted by Crippen LogP contribution is -2.27. The molecule has 3 heteroatoms. The highest BCUT2D eigenvalue weighted by Gasteiger charge is 2.15. The van der Waals surface area contributed by atoms with Crippen LogP contribution in [0.25, 0.3) is 0 Å². The molecule has 0 bridgehead atoms. The Bertz CT molecular complexity index is 342. The topological polar surface area (TPSA) is 20.2 Å². The minimum absolute atomic E-state index is 0.209. The Labute approximate surface area is 97.6 Å². The second-order valence-corrected chi connectivity index (χ2v) is 5.67. The smallest absolute Gasteiger partial charge is 0.320 e. The number of halogens is 1. The fourth-order valence-electron chi connectivity index (χ4n) is 1.56. The van der Waals surface area contributed by atoms with E-state index in [0.717, 1.165) is 22.5 Å². The molecule has 0 amide bonds. The zero-order valence-electron chi connectivity index (χ0n) is 9.84. The first-order chi connectivity index (χ1) is 6.79. The lowest BCUT2D eigenvalue weighted by molar-refractivity contribution is 0.411. The number of hydrogen-bond donors (Lipinski definition) is 1. The summed E-state index contributed by atoms with van der Waals surface area (Å²) < 4.78 is 0. The van der Waals surface area contributed by atoms with Crippen molar-refractivity contribution in [1.82, 2.24) is 0 Å². The molecular weight excluding hydrogens is 206 g/mol. The summed E-state index contributed by atoms with van der Waals surface area (Å²) in [6.07, 6.45) is 0.923. The quantitative estimate of drug-likeness (QED) is 0.766. The first kappa shape index (κ1) is 12.6. The second kappa shape index (κ2) is 4.59. The first-order valence-electron chi connectivity index (χ1n) is 5.26. The van der Waals surface area contributed by atoms with E-state index in [2.05, 4.69) is 20.8 Å². The van der Waals surface area contributed by atoms with Crippen LogP contribution >= 0.6 is 11.6 Å². The summed E-state index contributed by atoms with van der Waals surface area (Å²) in [7, 11) is 0. The van der Waals surface area contributed by atoms with Crippen LogP contribution in [0.3, 0.4) is 0 Å². The van der Waals surface area contributed by atoms with Crippen LogP contribution in [0.5, 0.6) is 0 Å². The maximum Gasteiger partial charge on any atom is 0.320 e. The van der Waals surface area contributed by atoms with Crippen LogP contribution in [0.2, 0.25) is 11.8 Å². The monoisotopic (exact) mass is 224 g/mol. The Kier molecular flexibility index (Phi) is 3.85. The first-order valence-corrected chi connectivity index (χ1v) is 5.64. The van der Waals surface area contributed by atoms with Gasteiger partial charge in [0.2, 0.25) is 0 Å². The van der Waals surface area contributed by atoms with Gasteiger partial charge in [0.25, 0.3) is 0 Å². The summed E-state index contributed by atoms with van der Waals surface area (Å²) >= 11 is 6.13. The molecule has 0 aliphatic rings. The highest BCUT2D eigenvalue weighted by molar-refractivity contribution is 6.64. The van der Waals surface area contributed by atoms with Crippen molar-refractivity contribution in [1.29, 1.82) is 0 Å². The van der Waals surface area contributed by atoms with Gasteiger partial charge in [-0.15, -0.1) is 0 Å². The summed E-state index contributed by atoms with van der Waals surface area (Å²) in [5.74, 6) is 0. The number of hydrogen-bond acceptors (Lipinski definition) is 1. The van der Waals surface area contributed by atoms with Crippen LogP contribution in [0.1, 0.15) is 26.3 Å². The molecule has 0 fully saturated rings. The lowest BCUT2D eigenvalue weighted by atomic mass is 9.64. The third kappa shape index (κ3) is 3.88. The van der Waals surface area contributed by atoms with Crippen molar-refractivity contribution in [2.24, 2.45) is 5.41 Å². The van der Waals surface area contributed by atoms with Crippen molar-refractivity contribution in [3.8, 4) is 0 Å². The molecular formula is C12H18BClO. The summed E-state index contributed by atoms with van der Waals surface area (Å²) in [4.78, 5) is 0. The molecule has 0 unspecified atom stereocenters. The van der Waals surface area contributed by atoms with Crippen LogP contribution in [-0.4, -0.2) is 11.9 Å². The van der Waals surface area contributed by atoms with Gasteiger partial charge in [-0.3, -0.25) is 0 Å². The zero-order chi connectivity index (χ0) is 11.6. The maximum atomic E-state index is 9.49. The van der Waals surface area contributed by atoms with Gasteiger partial charge < -0.3 is 5.02 Å². The predicted octanol–water partition coefficient (Wildman–Crippen LogP) is 2.75. The summed E-state index contributed by atoms with van der Waals surface area (Å²) in [5.41, 5.74) is 2.25. The maximum absolute atomic E-state index is 9.49. The lowest BCUT2D eigenvalue weighted by Gasteiger charge is -2.19. The van der Waals surface area contributed by atoms with Gasteiger partial charge in [-0.2, -0.15) is 0 Å². The molecule has 0 saturated heterocycles. The fourth-order valence-corrected chi connectivity index (χ4v) is 1.75. The molecule has 0 radical (unpaired) electrons. The van der Waals surface area contributed by atoms with E-state index in [1.54, 1.807) is 6.82 Å². The van der Waals surface area contributed by atoms with E-state index >= 15 is 0 Å². The highest BCUT2D eigenvalue weighted by Crippen LogP contribution is 2.25. The van der Waals surface area contributed by atoms with E-state index in [9.17, 15) is 5.02 Å². The van der Waals surface area contributed by atoms with Crippen LogP contribution in [0, 0.1) is 5.41 Å². The van der Waals surface area contributed by atoms with Crippen LogP contribution in [0.15, 0.2) is 18.2 Å². The van der Waals surface area contributed by atoms with Crippen molar-refractivity contribution in [2.45, 2.75) is 34.0 Å².